The smallest absolute Gasteiger partial charge is 0.219 e. The Morgan fingerprint density at radius 2 is 1.87 bits per heavy atom. The largest absolute Gasteiger partial charge is 0.497 e. The third kappa shape index (κ3) is 5.82. The van der Waals surface area contributed by atoms with Crippen molar-refractivity contribution >= 4 is 5.91 Å². The van der Waals surface area contributed by atoms with Crippen LogP contribution in [0, 0.1) is 0 Å². The van der Waals surface area contributed by atoms with Crippen molar-refractivity contribution < 1.29 is 19.4 Å². The third-order valence-electron chi connectivity index (χ3n) is 4.02. The normalized spacial score (nSPS) is 17.1. The molecule has 23 heavy (non-hydrogen) atoms. The molecule has 1 amide bonds. The molecule has 1 heterocycles. The fraction of sp³-hybridized carbons (Fsp3) is 0.588. The molecule has 1 aliphatic heterocycles. The molecule has 0 bridgehead atoms. The van der Waals surface area contributed by atoms with Gasteiger partial charge in [0.1, 0.15) is 5.75 Å². The fourth-order valence-electron chi connectivity index (χ4n) is 2.63. The van der Waals surface area contributed by atoms with Crippen LogP contribution in [0.25, 0.3) is 0 Å². The van der Waals surface area contributed by atoms with Crippen LogP contribution in [-0.4, -0.2) is 73.4 Å². The molecule has 0 spiro atoms. The van der Waals surface area contributed by atoms with Crippen molar-refractivity contribution in [1.82, 2.24) is 9.80 Å². The van der Waals surface area contributed by atoms with Crippen LogP contribution < -0.4 is 4.74 Å². The Kier molecular flexibility index (Phi) is 6.83. The molecule has 1 fully saturated rings. The maximum absolute atomic E-state index is 11.3. The number of hydrogen-bond acceptors (Lipinski definition) is 5. The number of β-amino-alcohol motifs (C(OH)–C–C–N with tert-alkyl or cyclic N) is 1. The highest BCUT2D eigenvalue weighted by Crippen LogP contribution is 2.12. The number of carbonyl (C=O) groups excluding carboxylic acids is 1. The van der Waals surface area contributed by atoms with E-state index < -0.39 is 6.10 Å². The Labute approximate surface area is 137 Å². The highest BCUT2D eigenvalue weighted by atomic mass is 16.5. The highest BCUT2D eigenvalue weighted by Gasteiger charge is 2.20. The lowest BCUT2D eigenvalue weighted by molar-refractivity contribution is -0.130. The van der Waals surface area contributed by atoms with Gasteiger partial charge in [0.2, 0.25) is 5.91 Å². The predicted molar refractivity (Wildman–Crippen MR) is 87.4 cm³/mol. The zero-order chi connectivity index (χ0) is 16.7. The highest BCUT2D eigenvalue weighted by molar-refractivity contribution is 5.73. The maximum Gasteiger partial charge on any atom is 0.219 e. The zero-order valence-corrected chi connectivity index (χ0v) is 13.9. The SMILES string of the molecule is COc1ccc(COC[C@H](O)CN2CCN(C(C)=O)CC2)cc1. The number of rotatable bonds is 7. The minimum absolute atomic E-state index is 0.119. The molecule has 6 heteroatoms. The van der Waals surface area contributed by atoms with Crippen molar-refractivity contribution in [3.8, 4) is 5.75 Å². The van der Waals surface area contributed by atoms with Crippen molar-refractivity contribution in [1.29, 1.82) is 0 Å². The number of amides is 1. The molecule has 0 aromatic heterocycles. The minimum Gasteiger partial charge on any atom is -0.497 e. The first kappa shape index (κ1) is 17.7. The van der Waals surface area contributed by atoms with E-state index in [1.54, 1.807) is 14.0 Å². The van der Waals surface area contributed by atoms with Crippen molar-refractivity contribution in [2.75, 3.05) is 46.4 Å². The van der Waals surface area contributed by atoms with Gasteiger partial charge in [-0.2, -0.15) is 0 Å². The van der Waals surface area contributed by atoms with Crippen molar-refractivity contribution in [3.63, 3.8) is 0 Å². The molecular weight excluding hydrogens is 296 g/mol. The molecule has 6 nitrogen and oxygen atoms in total. The lowest BCUT2D eigenvalue weighted by atomic mass is 10.2. The van der Waals surface area contributed by atoms with E-state index in [9.17, 15) is 9.90 Å². The average Bonchev–Trinajstić information content (AvgIpc) is 2.56. The Hall–Kier alpha value is -1.63. The monoisotopic (exact) mass is 322 g/mol. The summed E-state index contributed by atoms with van der Waals surface area (Å²) in [5, 5.41) is 10.1. The molecule has 1 saturated heterocycles. The van der Waals surface area contributed by atoms with Crippen LogP contribution >= 0.6 is 0 Å². The van der Waals surface area contributed by atoms with Gasteiger partial charge in [-0.25, -0.2) is 0 Å². The quantitative estimate of drug-likeness (QED) is 0.802. The fourth-order valence-corrected chi connectivity index (χ4v) is 2.63. The number of aliphatic hydroxyl groups excluding tert-OH is 1. The number of ether oxygens (including phenoxy) is 2. The van der Waals surface area contributed by atoms with Gasteiger partial charge in [0.15, 0.2) is 0 Å². The summed E-state index contributed by atoms with van der Waals surface area (Å²) in [6.07, 6.45) is -0.517. The van der Waals surface area contributed by atoms with Crippen molar-refractivity contribution in [3.05, 3.63) is 29.8 Å². The van der Waals surface area contributed by atoms with Crippen LogP contribution in [0.1, 0.15) is 12.5 Å². The molecule has 1 aromatic rings. The number of aliphatic hydroxyl groups is 1. The van der Waals surface area contributed by atoms with E-state index in [1.165, 1.54) is 0 Å². The topological polar surface area (TPSA) is 62.2 Å². The van der Waals surface area contributed by atoms with Crippen LogP contribution in [0.3, 0.4) is 0 Å². The van der Waals surface area contributed by atoms with Gasteiger partial charge >= 0.3 is 0 Å². The van der Waals surface area contributed by atoms with Gasteiger partial charge in [0, 0.05) is 39.6 Å². The summed E-state index contributed by atoms with van der Waals surface area (Å²) >= 11 is 0. The molecule has 1 atom stereocenters. The molecule has 0 saturated carbocycles. The number of nitrogens with zero attached hydrogens (tertiary/aromatic N) is 2. The molecule has 1 aromatic carbocycles. The number of carbonyl (C=O) groups is 1. The molecule has 2 rings (SSSR count). The Morgan fingerprint density at radius 3 is 2.43 bits per heavy atom. The second-order valence-corrected chi connectivity index (χ2v) is 5.82. The van der Waals surface area contributed by atoms with Gasteiger partial charge in [0.05, 0.1) is 26.4 Å². The van der Waals surface area contributed by atoms with Gasteiger partial charge in [-0.05, 0) is 17.7 Å². The zero-order valence-electron chi connectivity index (χ0n) is 13.9. The summed E-state index contributed by atoms with van der Waals surface area (Å²) in [7, 11) is 1.64. The van der Waals surface area contributed by atoms with Crippen LogP contribution in [0.15, 0.2) is 24.3 Å². The van der Waals surface area contributed by atoms with Crippen LogP contribution in [0.4, 0.5) is 0 Å². The molecule has 0 radical (unpaired) electrons. The molecular formula is C17H26N2O4. The van der Waals surface area contributed by atoms with E-state index in [0.717, 1.165) is 37.5 Å². The third-order valence-corrected chi connectivity index (χ3v) is 4.02. The summed E-state index contributed by atoms with van der Waals surface area (Å²) in [6, 6.07) is 7.69. The molecule has 1 N–H and O–H groups in total. The van der Waals surface area contributed by atoms with Crippen LogP contribution in [0.2, 0.25) is 0 Å². The van der Waals surface area contributed by atoms with E-state index >= 15 is 0 Å². The first-order valence-corrected chi connectivity index (χ1v) is 7.95. The Morgan fingerprint density at radius 1 is 1.22 bits per heavy atom. The van der Waals surface area contributed by atoms with E-state index in [4.69, 9.17) is 9.47 Å². The summed E-state index contributed by atoms with van der Waals surface area (Å²) in [5.74, 6) is 0.937. The Balaban J connectivity index is 1.63. The van der Waals surface area contributed by atoms with Gasteiger partial charge in [0.25, 0.3) is 0 Å². The van der Waals surface area contributed by atoms with E-state index in [1.807, 2.05) is 29.2 Å². The second kappa shape index (κ2) is 8.86. The summed E-state index contributed by atoms with van der Waals surface area (Å²) in [4.78, 5) is 15.3. The minimum atomic E-state index is -0.517. The number of benzene rings is 1. The lowest BCUT2D eigenvalue weighted by Crippen LogP contribution is -2.50. The van der Waals surface area contributed by atoms with Gasteiger partial charge in [-0.15, -0.1) is 0 Å². The summed E-state index contributed by atoms with van der Waals surface area (Å²) in [6.45, 7) is 6.01. The van der Waals surface area contributed by atoms with E-state index in [2.05, 4.69) is 4.90 Å². The standard InChI is InChI=1S/C17H26N2O4/c1-14(20)19-9-7-18(8-10-19)11-16(21)13-23-12-15-3-5-17(22-2)6-4-15/h3-6,16,21H,7-13H2,1-2H3/t16-/m1/s1. The van der Waals surface area contributed by atoms with E-state index in [0.29, 0.717) is 19.8 Å². The van der Waals surface area contributed by atoms with Crippen LogP contribution in [-0.2, 0) is 16.1 Å². The molecule has 128 valence electrons. The summed E-state index contributed by atoms with van der Waals surface area (Å²) in [5.41, 5.74) is 1.05. The van der Waals surface area contributed by atoms with Crippen molar-refractivity contribution in [2.45, 2.75) is 19.6 Å². The summed E-state index contributed by atoms with van der Waals surface area (Å²) < 4.78 is 10.7. The lowest BCUT2D eigenvalue weighted by Gasteiger charge is -2.35. The molecule has 0 aliphatic carbocycles. The molecule has 1 aliphatic rings. The second-order valence-electron chi connectivity index (χ2n) is 5.82. The van der Waals surface area contributed by atoms with Gasteiger partial charge in [-0.1, -0.05) is 12.1 Å². The average molecular weight is 322 g/mol. The van der Waals surface area contributed by atoms with E-state index in [-0.39, 0.29) is 5.91 Å². The number of hydrogen-bond donors (Lipinski definition) is 1. The maximum atomic E-state index is 11.3. The van der Waals surface area contributed by atoms with Gasteiger partial charge < -0.3 is 19.5 Å². The Bertz CT molecular complexity index is 484. The first-order valence-electron chi connectivity index (χ1n) is 7.95. The van der Waals surface area contributed by atoms with Gasteiger partial charge in [-0.3, -0.25) is 9.69 Å². The number of methoxy groups -OCH3 is 1. The predicted octanol–water partition coefficient (Wildman–Crippen LogP) is 0.737. The molecule has 0 unspecified atom stereocenters. The number of piperazine rings is 1. The van der Waals surface area contributed by atoms with Crippen molar-refractivity contribution in [2.24, 2.45) is 0 Å². The first-order chi connectivity index (χ1) is 11.1. The van der Waals surface area contributed by atoms with Crippen LogP contribution in [0.5, 0.6) is 5.75 Å².